The van der Waals surface area contributed by atoms with Crippen molar-refractivity contribution in [2.75, 3.05) is 59.1 Å². The first kappa shape index (κ1) is 45.7. The molecule has 3 aromatic carbocycles. The van der Waals surface area contributed by atoms with Crippen molar-refractivity contribution in [2.45, 2.75) is 99.3 Å². The van der Waals surface area contributed by atoms with Gasteiger partial charge in [-0.05, 0) is 89.3 Å². The van der Waals surface area contributed by atoms with Gasteiger partial charge >= 0.3 is 0 Å². The molecule has 1 unspecified atom stereocenters. The average Bonchev–Trinajstić information content (AvgIpc) is 3.16. The minimum absolute atomic E-state index is 0.0430. The predicted octanol–water partition coefficient (Wildman–Crippen LogP) is 7.10. The SMILES string of the molecule is C=CCOCC1CN(S(=O)(=O)c2ccc(C)cc2)CCCCCCN(S(=O)(=O)c2ccc(C)cc2)CCCCCCN(S(=O)(=O)c2ccc(C)cc2)CCCO1. The molecule has 0 radical (unpaired) electrons. The van der Waals surface area contributed by atoms with Crippen LogP contribution in [0.25, 0.3) is 0 Å². The van der Waals surface area contributed by atoms with Gasteiger partial charge in [0.2, 0.25) is 30.1 Å². The van der Waals surface area contributed by atoms with Crippen molar-refractivity contribution in [1.82, 2.24) is 12.9 Å². The van der Waals surface area contributed by atoms with Gasteiger partial charge in [-0.15, -0.1) is 6.58 Å². The number of benzene rings is 3. The van der Waals surface area contributed by atoms with Crippen molar-refractivity contribution < 1.29 is 34.7 Å². The zero-order valence-electron chi connectivity index (χ0n) is 33.4. The lowest BCUT2D eigenvalue weighted by Crippen LogP contribution is -2.41. The molecule has 14 heteroatoms. The van der Waals surface area contributed by atoms with Gasteiger partial charge in [-0.3, -0.25) is 0 Å². The van der Waals surface area contributed by atoms with E-state index in [1.165, 1.54) is 8.61 Å². The summed E-state index contributed by atoms with van der Waals surface area (Å²) in [5.74, 6) is 0. The Bertz CT molecular complexity index is 1970. The van der Waals surface area contributed by atoms with E-state index in [-0.39, 0.29) is 54.1 Å². The number of sulfonamides is 3. The van der Waals surface area contributed by atoms with Gasteiger partial charge in [-0.2, -0.15) is 12.9 Å². The Balaban J connectivity index is 1.59. The van der Waals surface area contributed by atoms with E-state index in [1.54, 1.807) is 83.2 Å². The second-order valence-corrected chi connectivity index (χ2v) is 20.4. The van der Waals surface area contributed by atoms with Crippen molar-refractivity contribution in [1.29, 1.82) is 0 Å². The summed E-state index contributed by atoms with van der Waals surface area (Å²) < 4.78 is 100. The van der Waals surface area contributed by atoms with E-state index in [0.717, 1.165) is 36.0 Å². The Morgan fingerprint density at radius 1 is 0.554 bits per heavy atom. The lowest BCUT2D eigenvalue weighted by molar-refractivity contribution is -0.0193. The van der Waals surface area contributed by atoms with E-state index in [4.69, 9.17) is 9.47 Å². The molecule has 0 spiro atoms. The van der Waals surface area contributed by atoms with Crippen LogP contribution >= 0.6 is 0 Å². The van der Waals surface area contributed by atoms with Crippen molar-refractivity contribution in [2.24, 2.45) is 0 Å². The number of nitrogens with zero attached hydrogens (tertiary/aromatic N) is 3. The Morgan fingerprint density at radius 2 is 0.893 bits per heavy atom. The minimum Gasteiger partial charge on any atom is -0.375 e. The first-order valence-corrected chi connectivity index (χ1v) is 24.1. The molecule has 0 aromatic heterocycles. The van der Waals surface area contributed by atoms with Crippen molar-refractivity contribution >= 4 is 30.1 Å². The minimum atomic E-state index is -3.91. The van der Waals surface area contributed by atoms with Crippen LogP contribution in [0.4, 0.5) is 0 Å². The van der Waals surface area contributed by atoms with Crippen LogP contribution in [0, 0.1) is 20.8 Å². The van der Waals surface area contributed by atoms with E-state index in [9.17, 15) is 25.3 Å². The molecule has 11 nitrogen and oxygen atoms in total. The van der Waals surface area contributed by atoms with Crippen LogP contribution in [0.1, 0.15) is 74.5 Å². The molecule has 3 aromatic rings. The maximum Gasteiger partial charge on any atom is 0.243 e. The van der Waals surface area contributed by atoms with Gasteiger partial charge in [0.25, 0.3) is 0 Å². The molecule has 0 aliphatic carbocycles. The largest absolute Gasteiger partial charge is 0.375 e. The molecule has 1 saturated heterocycles. The zero-order chi connectivity index (χ0) is 40.6. The van der Waals surface area contributed by atoms with E-state index in [0.29, 0.717) is 58.2 Å². The second kappa shape index (κ2) is 22.3. The molecular formula is C42H61N3O8S3. The number of rotatable bonds is 10. The lowest BCUT2D eigenvalue weighted by Gasteiger charge is -2.28. The molecular weight excluding hydrogens is 771 g/mol. The third-order valence-corrected chi connectivity index (χ3v) is 15.7. The maximum atomic E-state index is 14.1. The normalized spacial score (nSPS) is 19.5. The maximum absolute atomic E-state index is 14.1. The van der Waals surface area contributed by atoms with Crippen LogP contribution in [0.3, 0.4) is 0 Å². The topological polar surface area (TPSA) is 131 Å². The smallest absolute Gasteiger partial charge is 0.243 e. The number of hydrogen-bond acceptors (Lipinski definition) is 8. The molecule has 1 aliphatic heterocycles. The molecule has 1 aliphatic rings. The quantitative estimate of drug-likeness (QED) is 0.156. The van der Waals surface area contributed by atoms with Crippen LogP contribution < -0.4 is 0 Å². The van der Waals surface area contributed by atoms with Gasteiger partial charge in [0.05, 0.1) is 34.0 Å². The fraction of sp³-hybridized carbons (Fsp3) is 0.524. The van der Waals surface area contributed by atoms with Crippen LogP contribution in [-0.4, -0.2) is 103 Å². The molecule has 0 N–H and O–H groups in total. The molecule has 1 heterocycles. The fourth-order valence-electron chi connectivity index (χ4n) is 6.61. The summed E-state index contributed by atoms with van der Waals surface area (Å²) in [6.45, 7) is 11.6. The average molecular weight is 832 g/mol. The highest BCUT2D eigenvalue weighted by molar-refractivity contribution is 7.89. The summed E-state index contributed by atoms with van der Waals surface area (Å²) in [4.78, 5) is 0.670. The molecule has 0 bridgehead atoms. The van der Waals surface area contributed by atoms with Gasteiger partial charge in [0.1, 0.15) is 0 Å². The lowest BCUT2D eigenvalue weighted by atomic mass is 10.1. The van der Waals surface area contributed by atoms with Gasteiger partial charge in [0, 0.05) is 45.9 Å². The van der Waals surface area contributed by atoms with Gasteiger partial charge in [0.15, 0.2) is 0 Å². The van der Waals surface area contributed by atoms with Gasteiger partial charge in [-0.1, -0.05) is 84.8 Å². The monoisotopic (exact) mass is 831 g/mol. The van der Waals surface area contributed by atoms with Crippen LogP contribution in [0.15, 0.2) is 100 Å². The fourth-order valence-corrected chi connectivity index (χ4v) is 11.2. The third kappa shape index (κ3) is 13.6. The van der Waals surface area contributed by atoms with Crippen LogP contribution in [0.5, 0.6) is 0 Å². The van der Waals surface area contributed by atoms with E-state index < -0.39 is 36.2 Å². The van der Waals surface area contributed by atoms with Crippen molar-refractivity contribution in [3.05, 3.63) is 102 Å². The van der Waals surface area contributed by atoms with E-state index in [2.05, 4.69) is 6.58 Å². The Kier molecular flexibility index (Phi) is 18.2. The molecule has 310 valence electrons. The zero-order valence-corrected chi connectivity index (χ0v) is 35.8. The second-order valence-electron chi connectivity index (χ2n) is 14.6. The first-order chi connectivity index (χ1) is 26.7. The van der Waals surface area contributed by atoms with E-state index in [1.807, 2.05) is 20.8 Å². The van der Waals surface area contributed by atoms with E-state index >= 15 is 0 Å². The van der Waals surface area contributed by atoms with Crippen molar-refractivity contribution in [3.63, 3.8) is 0 Å². The highest BCUT2D eigenvalue weighted by Crippen LogP contribution is 2.23. The summed E-state index contributed by atoms with van der Waals surface area (Å²) >= 11 is 0. The summed E-state index contributed by atoms with van der Waals surface area (Å²) in [6.07, 6.45) is 6.77. The molecule has 1 fully saturated rings. The van der Waals surface area contributed by atoms with Crippen molar-refractivity contribution in [3.8, 4) is 0 Å². The highest BCUT2D eigenvalue weighted by atomic mass is 32.2. The Hall–Kier alpha value is -2.95. The Labute approximate surface area is 336 Å². The predicted molar refractivity (Wildman–Crippen MR) is 222 cm³/mol. The molecule has 56 heavy (non-hydrogen) atoms. The molecule has 1 atom stereocenters. The highest BCUT2D eigenvalue weighted by Gasteiger charge is 2.29. The molecule has 4 rings (SSSR count). The van der Waals surface area contributed by atoms with Crippen LogP contribution in [-0.2, 0) is 39.5 Å². The summed E-state index contributed by atoms with van der Waals surface area (Å²) in [5, 5.41) is 0. The number of hydrogen-bond donors (Lipinski definition) is 0. The third-order valence-electron chi connectivity index (χ3n) is 9.96. The standard InChI is InChI=1S/C42H61N3O8S3/c1-5-32-52-35-39-34-45(56(50,51)42-25-19-38(4)20-26-42)30-13-9-8-11-28-43(54(46,47)40-21-15-36(2)16-22-40)27-10-6-7-12-29-44(31-14-33-53-39)55(48,49)41-23-17-37(3)18-24-41/h5,15-26,39H,1,6-14,27-35H2,2-4H3. The molecule has 0 amide bonds. The van der Waals surface area contributed by atoms with Crippen LogP contribution in [0.2, 0.25) is 0 Å². The van der Waals surface area contributed by atoms with Gasteiger partial charge < -0.3 is 9.47 Å². The summed E-state index contributed by atoms with van der Waals surface area (Å²) in [6, 6.07) is 20.5. The number of aryl methyl sites for hydroxylation is 3. The summed E-state index contributed by atoms with van der Waals surface area (Å²) in [5.41, 5.74) is 2.88. The van der Waals surface area contributed by atoms with Gasteiger partial charge in [-0.25, -0.2) is 25.3 Å². The first-order valence-electron chi connectivity index (χ1n) is 19.8. The summed E-state index contributed by atoms with van der Waals surface area (Å²) in [7, 11) is -11.4. The number of ether oxygens (including phenoxy) is 2. The Morgan fingerprint density at radius 3 is 1.27 bits per heavy atom. The molecule has 0 saturated carbocycles.